The lowest BCUT2D eigenvalue weighted by Crippen LogP contribution is -2.67. The highest BCUT2D eigenvalue weighted by molar-refractivity contribution is 7.92. The maximum Gasteiger partial charge on any atom is 0.136 e. The highest BCUT2D eigenvalue weighted by Crippen LogP contribution is 2.54. The van der Waals surface area contributed by atoms with E-state index in [1.54, 1.807) is 12.5 Å². The number of fused-ring (bicyclic) bond motifs is 3. The van der Waals surface area contributed by atoms with Crippen LogP contribution in [0.2, 0.25) is 0 Å². The summed E-state index contributed by atoms with van der Waals surface area (Å²) in [4.78, 5) is 5.08. The Morgan fingerprint density at radius 3 is 2.67 bits per heavy atom. The van der Waals surface area contributed by atoms with Gasteiger partial charge in [0.1, 0.15) is 12.5 Å². The zero-order valence-electron chi connectivity index (χ0n) is 29.0. The Labute approximate surface area is 278 Å². The van der Waals surface area contributed by atoms with Gasteiger partial charge in [-0.1, -0.05) is 51.5 Å². The summed E-state index contributed by atoms with van der Waals surface area (Å²) in [7, 11) is -2.27. The monoisotopic (exact) mass is 657 g/mol. The molecule has 9 atom stereocenters. The van der Waals surface area contributed by atoms with Crippen molar-refractivity contribution in [2.45, 2.75) is 127 Å². The summed E-state index contributed by atoms with van der Waals surface area (Å²) >= 11 is 0. The molecule has 0 saturated carbocycles. The van der Waals surface area contributed by atoms with Gasteiger partial charge in [-0.05, 0) is 69.7 Å². The number of ether oxygens (including phenoxy) is 2. The molecule has 0 spiro atoms. The van der Waals surface area contributed by atoms with E-state index in [0.717, 1.165) is 57.3 Å². The molecule has 10 nitrogen and oxygen atoms in total. The molecule has 46 heavy (non-hydrogen) atoms. The van der Waals surface area contributed by atoms with Crippen LogP contribution in [0.5, 0.6) is 0 Å². The highest BCUT2D eigenvalue weighted by atomic mass is 32.2. The molecule has 3 saturated heterocycles. The van der Waals surface area contributed by atoms with Crippen LogP contribution in [0.1, 0.15) is 72.6 Å². The smallest absolute Gasteiger partial charge is 0.136 e. The standard InChI is InChI=1S/C35H59N7O3S/c1-8-9-10-20-41-22-28-32(39-33(41)37-25-14-16-26(17-15-25)45-27-18-19-36-21-27)42(30-13-11-12-29(38-30)40-46(6,7)43)31-24(2)34(3,4)44-23-35(28,31)5/h11-12,14,16,22,25-27,29-33,36-39H,2,8-10,13,15,17-21,23H2,1,3-7H3/t25?,26?,27-,29?,30?,31-,32?,33?,35-/m0/s1. The van der Waals surface area contributed by atoms with Gasteiger partial charge in [-0.2, -0.15) is 0 Å². The minimum absolute atomic E-state index is 0.0104. The lowest BCUT2D eigenvalue weighted by atomic mass is 9.70. The molecule has 0 aromatic heterocycles. The minimum Gasteiger partial charge on any atom is -0.370 e. The molecular weight excluding hydrogens is 598 g/mol. The van der Waals surface area contributed by atoms with Gasteiger partial charge < -0.3 is 19.7 Å². The first kappa shape index (κ1) is 34.3. The number of rotatable bonds is 10. The second kappa shape index (κ2) is 13.7. The van der Waals surface area contributed by atoms with Crippen LogP contribution in [-0.2, 0) is 19.2 Å². The van der Waals surface area contributed by atoms with Crippen molar-refractivity contribution >= 4 is 9.73 Å². The Morgan fingerprint density at radius 2 is 1.98 bits per heavy atom. The van der Waals surface area contributed by atoms with E-state index in [2.05, 4.69) is 94.1 Å². The van der Waals surface area contributed by atoms with Gasteiger partial charge in [-0.25, -0.2) is 4.36 Å². The summed E-state index contributed by atoms with van der Waals surface area (Å²) in [5.74, 6) is 0. The average molecular weight is 658 g/mol. The Hall–Kier alpha value is -1.57. The van der Waals surface area contributed by atoms with E-state index in [9.17, 15) is 4.21 Å². The van der Waals surface area contributed by atoms with Gasteiger partial charge in [0, 0.05) is 59.0 Å². The summed E-state index contributed by atoms with van der Waals surface area (Å²) in [5.41, 5.74) is 1.76. The fraction of sp³-hybridized carbons (Fsp3) is 0.771. The van der Waals surface area contributed by atoms with Crippen LogP contribution in [0.3, 0.4) is 0 Å². The molecule has 5 aliphatic heterocycles. The molecule has 0 bridgehead atoms. The summed E-state index contributed by atoms with van der Waals surface area (Å²) in [6.45, 7) is 17.2. The van der Waals surface area contributed by atoms with Gasteiger partial charge in [-0.3, -0.25) is 25.1 Å². The third-order valence-electron chi connectivity index (χ3n) is 10.8. The maximum atomic E-state index is 12.7. The Balaban J connectivity index is 1.29. The fourth-order valence-corrected chi connectivity index (χ4v) is 8.84. The van der Waals surface area contributed by atoms with Crippen molar-refractivity contribution in [1.82, 2.24) is 31.1 Å². The molecule has 6 aliphatic rings. The van der Waals surface area contributed by atoms with E-state index in [1.165, 1.54) is 18.4 Å². The lowest BCUT2D eigenvalue weighted by molar-refractivity contribution is -0.0851. The fourth-order valence-electron chi connectivity index (χ4n) is 8.17. The van der Waals surface area contributed by atoms with Crippen LogP contribution in [0.15, 0.2) is 52.6 Å². The minimum atomic E-state index is -2.27. The molecule has 0 aromatic carbocycles. The number of likely N-dealkylation sites (tertiary alicyclic amines) is 1. The highest BCUT2D eigenvalue weighted by Gasteiger charge is 2.62. The summed E-state index contributed by atoms with van der Waals surface area (Å²) in [5, 5.41) is 15.3. The van der Waals surface area contributed by atoms with Crippen molar-refractivity contribution in [1.29, 1.82) is 0 Å². The van der Waals surface area contributed by atoms with Gasteiger partial charge >= 0.3 is 0 Å². The second-order valence-corrected chi connectivity index (χ2v) is 17.8. The van der Waals surface area contributed by atoms with Crippen LogP contribution in [0.25, 0.3) is 0 Å². The van der Waals surface area contributed by atoms with Crippen molar-refractivity contribution in [3.63, 3.8) is 0 Å². The number of hydrogen-bond donors (Lipinski definition) is 4. The van der Waals surface area contributed by atoms with E-state index in [4.69, 9.17) is 9.47 Å². The molecule has 11 heteroatoms. The van der Waals surface area contributed by atoms with Crippen molar-refractivity contribution in [2.24, 2.45) is 9.78 Å². The molecule has 0 amide bonds. The molecule has 6 rings (SSSR count). The van der Waals surface area contributed by atoms with Gasteiger partial charge in [0.05, 0.1) is 36.7 Å². The summed E-state index contributed by atoms with van der Waals surface area (Å²) in [6, 6.07) is 0.319. The molecular formula is C35H59N7O3S. The van der Waals surface area contributed by atoms with E-state index < -0.39 is 15.3 Å². The van der Waals surface area contributed by atoms with Crippen LogP contribution in [-0.4, -0.2) is 107 Å². The number of nitrogens with zero attached hydrogens (tertiary/aromatic N) is 3. The summed E-state index contributed by atoms with van der Waals surface area (Å²) in [6.07, 6.45) is 22.3. The normalized spacial score (nSPS) is 39.3. The van der Waals surface area contributed by atoms with Gasteiger partial charge in [0.25, 0.3) is 0 Å². The third-order valence-corrected chi connectivity index (χ3v) is 11.5. The van der Waals surface area contributed by atoms with E-state index in [-0.39, 0.29) is 48.4 Å². The first-order valence-electron chi connectivity index (χ1n) is 17.6. The predicted molar refractivity (Wildman–Crippen MR) is 186 cm³/mol. The van der Waals surface area contributed by atoms with Gasteiger partial charge in [-0.15, -0.1) is 0 Å². The Kier molecular flexibility index (Phi) is 10.2. The molecule has 4 N–H and O–H groups in total. The molecule has 1 aliphatic carbocycles. The largest absolute Gasteiger partial charge is 0.370 e. The first-order valence-corrected chi connectivity index (χ1v) is 20.0. The van der Waals surface area contributed by atoms with Crippen molar-refractivity contribution in [3.8, 4) is 0 Å². The zero-order valence-corrected chi connectivity index (χ0v) is 29.8. The first-order chi connectivity index (χ1) is 21.9. The van der Waals surface area contributed by atoms with Crippen LogP contribution < -0.4 is 21.3 Å². The topological polar surface area (TPSA) is 102 Å². The van der Waals surface area contributed by atoms with Crippen molar-refractivity contribution < 1.29 is 13.7 Å². The lowest BCUT2D eigenvalue weighted by Gasteiger charge is -2.50. The predicted octanol–water partition coefficient (Wildman–Crippen LogP) is 3.62. The molecule has 258 valence electrons. The van der Waals surface area contributed by atoms with Crippen molar-refractivity contribution in [3.05, 3.63) is 48.2 Å². The van der Waals surface area contributed by atoms with Crippen LogP contribution in [0, 0.1) is 5.41 Å². The van der Waals surface area contributed by atoms with E-state index in [0.29, 0.717) is 12.7 Å². The number of hydrogen-bond acceptors (Lipinski definition) is 10. The summed E-state index contributed by atoms with van der Waals surface area (Å²) < 4.78 is 30.2. The van der Waals surface area contributed by atoms with Gasteiger partial charge in [0.15, 0.2) is 0 Å². The van der Waals surface area contributed by atoms with E-state index >= 15 is 0 Å². The van der Waals surface area contributed by atoms with Crippen LogP contribution in [0.4, 0.5) is 0 Å². The SMILES string of the molecule is C=C1[C@@H]2N(C3CC=CC(N=S(C)(C)=O)N3)C3NC(NC4C=CC(O[C@H]5CCNC5)CC4)N(CCCCC)C=C3[C@]2(C)COC1(C)C. The third kappa shape index (κ3) is 7.22. The molecule has 5 heterocycles. The molecule has 6 unspecified atom stereocenters. The van der Waals surface area contributed by atoms with E-state index in [1.807, 2.05) is 6.08 Å². The maximum absolute atomic E-state index is 12.7. The van der Waals surface area contributed by atoms with Crippen molar-refractivity contribution in [2.75, 3.05) is 38.8 Å². The molecule has 3 fully saturated rings. The Morgan fingerprint density at radius 1 is 1.15 bits per heavy atom. The zero-order chi connectivity index (χ0) is 32.7. The molecule has 0 aromatic rings. The molecule has 0 radical (unpaired) electrons. The quantitative estimate of drug-likeness (QED) is 0.207. The second-order valence-electron chi connectivity index (χ2n) is 15.2. The number of nitrogens with one attached hydrogen (secondary N) is 4. The Bertz CT molecular complexity index is 1320. The number of unbranched alkanes of at least 4 members (excludes halogenated alkanes) is 2. The van der Waals surface area contributed by atoms with Crippen LogP contribution >= 0.6 is 0 Å². The van der Waals surface area contributed by atoms with Gasteiger partial charge in [0.2, 0.25) is 0 Å². The average Bonchev–Trinajstić information content (AvgIpc) is 3.60.